The van der Waals surface area contributed by atoms with Gasteiger partial charge in [-0.15, -0.1) is 0 Å². The molecule has 2 aromatic rings. The van der Waals surface area contributed by atoms with Gasteiger partial charge in [-0.05, 0) is 36.6 Å². The first-order valence-electron chi connectivity index (χ1n) is 5.90. The molecule has 0 aromatic heterocycles. The smallest absolute Gasteiger partial charge is 0.131 e. The van der Waals surface area contributed by atoms with E-state index in [0.717, 1.165) is 36.7 Å². The van der Waals surface area contributed by atoms with E-state index in [9.17, 15) is 0 Å². The van der Waals surface area contributed by atoms with Gasteiger partial charge < -0.3 is 9.47 Å². The first-order chi connectivity index (χ1) is 8.42. The second kappa shape index (κ2) is 4.50. The van der Waals surface area contributed by atoms with Crippen LogP contribution in [0.2, 0.25) is 0 Å². The van der Waals surface area contributed by atoms with Crippen LogP contribution in [0.4, 0.5) is 0 Å². The first kappa shape index (κ1) is 10.2. The standard InChI is InChI=1S/C15H14O2/c1-2-6-13(7-3-1)17-14-9-8-12-5-4-10-16-15(12)11-14/h1-3,6-9,11H,4-5,10H2. The molecule has 0 aliphatic carbocycles. The summed E-state index contributed by atoms with van der Waals surface area (Å²) in [4.78, 5) is 0. The minimum atomic E-state index is 0.807. The number of benzene rings is 2. The first-order valence-corrected chi connectivity index (χ1v) is 5.90. The summed E-state index contributed by atoms with van der Waals surface area (Å²) in [6.45, 7) is 0.807. The maximum atomic E-state index is 5.76. The lowest BCUT2D eigenvalue weighted by Gasteiger charge is -2.17. The number of rotatable bonds is 2. The summed E-state index contributed by atoms with van der Waals surface area (Å²) in [5.74, 6) is 2.64. The van der Waals surface area contributed by atoms with E-state index in [1.807, 2.05) is 42.5 Å². The molecule has 2 heteroatoms. The molecule has 1 heterocycles. The maximum absolute atomic E-state index is 5.76. The fourth-order valence-electron chi connectivity index (χ4n) is 2.01. The summed E-state index contributed by atoms with van der Waals surface area (Å²) in [5, 5.41) is 0. The molecule has 0 fully saturated rings. The third-order valence-corrected chi connectivity index (χ3v) is 2.87. The van der Waals surface area contributed by atoms with Crippen LogP contribution in [0, 0.1) is 0 Å². The van der Waals surface area contributed by atoms with Gasteiger partial charge in [0.2, 0.25) is 0 Å². The molecule has 1 aliphatic heterocycles. The van der Waals surface area contributed by atoms with E-state index in [1.54, 1.807) is 0 Å². The third-order valence-electron chi connectivity index (χ3n) is 2.87. The zero-order valence-corrected chi connectivity index (χ0v) is 9.56. The second-order valence-electron chi connectivity index (χ2n) is 4.14. The Kier molecular flexibility index (Phi) is 2.70. The molecule has 0 bridgehead atoms. The molecule has 0 unspecified atom stereocenters. The van der Waals surface area contributed by atoms with Crippen LogP contribution in [0.5, 0.6) is 17.2 Å². The van der Waals surface area contributed by atoms with E-state index >= 15 is 0 Å². The maximum Gasteiger partial charge on any atom is 0.131 e. The molecule has 0 amide bonds. The summed E-state index contributed by atoms with van der Waals surface area (Å²) >= 11 is 0. The van der Waals surface area contributed by atoms with Gasteiger partial charge in [0.05, 0.1) is 6.61 Å². The molecule has 0 N–H and O–H groups in total. The van der Waals surface area contributed by atoms with Crippen molar-refractivity contribution in [1.82, 2.24) is 0 Å². The van der Waals surface area contributed by atoms with Gasteiger partial charge in [0, 0.05) is 6.07 Å². The molecule has 2 aromatic carbocycles. The van der Waals surface area contributed by atoms with Crippen LogP contribution in [0.1, 0.15) is 12.0 Å². The normalized spacial score (nSPS) is 13.6. The number of hydrogen-bond acceptors (Lipinski definition) is 2. The van der Waals surface area contributed by atoms with Gasteiger partial charge in [0.1, 0.15) is 17.2 Å². The largest absolute Gasteiger partial charge is 0.493 e. The fourth-order valence-corrected chi connectivity index (χ4v) is 2.01. The van der Waals surface area contributed by atoms with Crippen molar-refractivity contribution in [2.24, 2.45) is 0 Å². The summed E-state index contributed by atoms with van der Waals surface area (Å²) < 4.78 is 11.4. The fraction of sp³-hybridized carbons (Fsp3) is 0.200. The monoisotopic (exact) mass is 226 g/mol. The van der Waals surface area contributed by atoms with E-state index < -0.39 is 0 Å². The highest BCUT2D eigenvalue weighted by molar-refractivity contribution is 5.43. The molecule has 17 heavy (non-hydrogen) atoms. The summed E-state index contributed by atoms with van der Waals surface area (Å²) in [6.07, 6.45) is 2.20. The van der Waals surface area contributed by atoms with Gasteiger partial charge in [-0.1, -0.05) is 24.3 Å². The Bertz CT molecular complexity index is 506. The highest BCUT2D eigenvalue weighted by Crippen LogP contribution is 2.31. The second-order valence-corrected chi connectivity index (χ2v) is 4.14. The molecule has 3 rings (SSSR count). The van der Waals surface area contributed by atoms with Crippen LogP contribution in [0.15, 0.2) is 48.5 Å². The Hall–Kier alpha value is -1.96. The lowest BCUT2D eigenvalue weighted by molar-refractivity contribution is 0.287. The molecule has 0 atom stereocenters. The lowest BCUT2D eigenvalue weighted by atomic mass is 10.1. The van der Waals surface area contributed by atoms with Crippen molar-refractivity contribution in [2.45, 2.75) is 12.8 Å². The van der Waals surface area contributed by atoms with Gasteiger partial charge in [-0.2, -0.15) is 0 Å². The van der Waals surface area contributed by atoms with Crippen molar-refractivity contribution in [3.8, 4) is 17.2 Å². The Morgan fingerprint density at radius 2 is 1.82 bits per heavy atom. The molecule has 2 nitrogen and oxygen atoms in total. The molecule has 0 spiro atoms. The van der Waals surface area contributed by atoms with Gasteiger partial charge in [-0.3, -0.25) is 0 Å². The summed E-state index contributed by atoms with van der Waals surface area (Å²) in [6, 6.07) is 15.9. The molecular formula is C15H14O2. The highest BCUT2D eigenvalue weighted by atomic mass is 16.5. The van der Waals surface area contributed by atoms with Crippen LogP contribution >= 0.6 is 0 Å². The number of aryl methyl sites for hydroxylation is 1. The van der Waals surface area contributed by atoms with E-state index in [-0.39, 0.29) is 0 Å². The molecule has 1 aliphatic rings. The molecule has 0 radical (unpaired) electrons. The SMILES string of the molecule is c1ccc(Oc2ccc3c(c2)OCCC3)cc1. The molecule has 86 valence electrons. The number of ether oxygens (including phenoxy) is 2. The van der Waals surface area contributed by atoms with Crippen LogP contribution in [-0.4, -0.2) is 6.61 Å². The van der Waals surface area contributed by atoms with Gasteiger partial charge >= 0.3 is 0 Å². The topological polar surface area (TPSA) is 18.5 Å². The van der Waals surface area contributed by atoms with E-state index in [1.165, 1.54) is 5.56 Å². The number of para-hydroxylation sites is 1. The van der Waals surface area contributed by atoms with Crippen molar-refractivity contribution < 1.29 is 9.47 Å². The lowest BCUT2D eigenvalue weighted by Crippen LogP contribution is -2.07. The van der Waals surface area contributed by atoms with Gasteiger partial charge in [-0.25, -0.2) is 0 Å². The molecule has 0 saturated carbocycles. The quantitative estimate of drug-likeness (QED) is 0.775. The Morgan fingerprint density at radius 1 is 0.941 bits per heavy atom. The van der Waals surface area contributed by atoms with Crippen molar-refractivity contribution in [1.29, 1.82) is 0 Å². The van der Waals surface area contributed by atoms with Crippen molar-refractivity contribution in [3.63, 3.8) is 0 Å². The minimum absolute atomic E-state index is 0.807. The van der Waals surface area contributed by atoms with E-state index in [2.05, 4.69) is 6.07 Å². The van der Waals surface area contributed by atoms with Crippen LogP contribution in [0.25, 0.3) is 0 Å². The van der Waals surface area contributed by atoms with Gasteiger partial charge in [0.25, 0.3) is 0 Å². The van der Waals surface area contributed by atoms with E-state index in [0.29, 0.717) is 0 Å². The van der Waals surface area contributed by atoms with Crippen LogP contribution in [0.3, 0.4) is 0 Å². The average molecular weight is 226 g/mol. The van der Waals surface area contributed by atoms with E-state index in [4.69, 9.17) is 9.47 Å². The van der Waals surface area contributed by atoms with Crippen LogP contribution < -0.4 is 9.47 Å². The van der Waals surface area contributed by atoms with Gasteiger partial charge in [0.15, 0.2) is 0 Å². The Balaban J connectivity index is 1.84. The van der Waals surface area contributed by atoms with Crippen molar-refractivity contribution >= 4 is 0 Å². The zero-order valence-electron chi connectivity index (χ0n) is 9.56. The van der Waals surface area contributed by atoms with Crippen molar-refractivity contribution in [3.05, 3.63) is 54.1 Å². The highest BCUT2D eigenvalue weighted by Gasteiger charge is 2.11. The summed E-state index contributed by atoms with van der Waals surface area (Å²) in [5.41, 5.74) is 1.27. The predicted molar refractivity (Wildman–Crippen MR) is 66.8 cm³/mol. The molecular weight excluding hydrogens is 212 g/mol. The van der Waals surface area contributed by atoms with Crippen molar-refractivity contribution in [2.75, 3.05) is 6.61 Å². The number of hydrogen-bond donors (Lipinski definition) is 0. The molecule has 0 saturated heterocycles. The third kappa shape index (κ3) is 2.26. The average Bonchev–Trinajstić information content (AvgIpc) is 2.40. The Morgan fingerprint density at radius 3 is 2.71 bits per heavy atom. The minimum Gasteiger partial charge on any atom is -0.493 e. The summed E-state index contributed by atoms with van der Waals surface area (Å²) in [7, 11) is 0. The predicted octanol–water partition coefficient (Wildman–Crippen LogP) is 3.80. The van der Waals surface area contributed by atoms with Crippen LogP contribution in [-0.2, 0) is 6.42 Å². The Labute approximate surface area is 101 Å². The number of fused-ring (bicyclic) bond motifs is 1. The zero-order chi connectivity index (χ0) is 11.5.